The highest BCUT2D eigenvalue weighted by Crippen LogP contribution is 2.22. The molecule has 1 aliphatic rings. The first-order valence-corrected chi connectivity index (χ1v) is 10.4. The molecule has 2 aromatic heterocycles. The minimum atomic E-state index is -0.482. The van der Waals surface area contributed by atoms with Gasteiger partial charge in [-0.3, -0.25) is 19.1 Å². The number of aromatic amines is 1. The van der Waals surface area contributed by atoms with Crippen molar-refractivity contribution in [3.63, 3.8) is 0 Å². The minimum absolute atomic E-state index is 0.0393. The molecule has 1 N–H and O–H groups in total. The first-order chi connectivity index (χ1) is 14.9. The van der Waals surface area contributed by atoms with Crippen molar-refractivity contribution < 1.29 is 14.0 Å². The molecule has 0 saturated carbocycles. The molecule has 0 aliphatic carbocycles. The van der Waals surface area contributed by atoms with Crippen molar-refractivity contribution in [2.24, 2.45) is 13.0 Å². The predicted molar refractivity (Wildman–Crippen MR) is 112 cm³/mol. The third-order valence-corrected chi connectivity index (χ3v) is 5.73. The van der Waals surface area contributed by atoms with Gasteiger partial charge in [-0.15, -0.1) is 0 Å². The molecule has 4 rings (SSSR count). The highest BCUT2D eigenvalue weighted by molar-refractivity contribution is 5.97. The molecule has 8 nitrogen and oxygen atoms in total. The number of halogens is 1. The number of carbonyl (C=O) groups is 2. The first-order valence-electron chi connectivity index (χ1n) is 10.4. The molecule has 1 aliphatic heterocycles. The van der Waals surface area contributed by atoms with Crippen LogP contribution in [-0.4, -0.2) is 49.4 Å². The van der Waals surface area contributed by atoms with Gasteiger partial charge in [0.1, 0.15) is 11.6 Å². The van der Waals surface area contributed by atoms with Crippen molar-refractivity contribution in [3.8, 4) is 0 Å². The summed E-state index contributed by atoms with van der Waals surface area (Å²) in [5.41, 5.74) is 0.671. The molecule has 0 radical (unpaired) electrons. The number of aromatic nitrogens is 4. The van der Waals surface area contributed by atoms with E-state index in [0.29, 0.717) is 62.1 Å². The van der Waals surface area contributed by atoms with Crippen LogP contribution in [0, 0.1) is 11.7 Å². The molecule has 3 heterocycles. The molecule has 1 fully saturated rings. The van der Waals surface area contributed by atoms with Crippen LogP contribution in [0.15, 0.2) is 35.4 Å². The van der Waals surface area contributed by atoms with E-state index < -0.39 is 5.82 Å². The maximum Gasteiger partial charge on any atom is 0.258 e. The molecule has 0 bridgehead atoms. The second kappa shape index (κ2) is 8.79. The van der Waals surface area contributed by atoms with Gasteiger partial charge in [0.05, 0.1) is 22.7 Å². The lowest BCUT2D eigenvalue weighted by molar-refractivity contribution is -0.132. The monoisotopic (exact) mass is 425 g/mol. The maximum atomic E-state index is 13.3. The summed E-state index contributed by atoms with van der Waals surface area (Å²) >= 11 is 0. The standard InChI is InChI=1S/C22H24FN5O3/c1-27-13-15(12-24-27)21(30)14-7-9-28(10-8-14)20(29)4-2-3-19-25-18-6-5-16(23)11-17(18)22(31)26-19/h5-6,11-14H,2-4,7-10H2,1H3,(H,25,26,31). The molecular weight excluding hydrogens is 401 g/mol. The molecule has 9 heteroatoms. The van der Waals surface area contributed by atoms with E-state index in [-0.39, 0.29) is 28.6 Å². The van der Waals surface area contributed by atoms with Crippen molar-refractivity contribution in [1.29, 1.82) is 0 Å². The summed E-state index contributed by atoms with van der Waals surface area (Å²) in [4.78, 5) is 46.0. The summed E-state index contributed by atoms with van der Waals surface area (Å²) in [5, 5.41) is 4.26. The maximum absolute atomic E-state index is 13.3. The van der Waals surface area contributed by atoms with E-state index in [1.54, 1.807) is 29.0 Å². The molecule has 1 aromatic carbocycles. The van der Waals surface area contributed by atoms with Gasteiger partial charge in [-0.25, -0.2) is 9.37 Å². The molecule has 1 saturated heterocycles. The Morgan fingerprint density at radius 3 is 2.74 bits per heavy atom. The summed E-state index contributed by atoms with van der Waals surface area (Å²) < 4.78 is 14.9. The largest absolute Gasteiger partial charge is 0.343 e. The normalized spacial score (nSPS) is 14.8. The number of piperidine rings is 1. The third-order valence-electron chi connectivity index (χ3n) is 5.73. The zero-order valence-corrected chi connectivity index (χ0v) is 17.3. The number of nitrogens with one attached hydrogen (secondary N) is 1. The number of H-pyrrole nitrogens is 1. The number of aryl methyl sites for hydroxylation is 2. The number of ketones is 1. The summed E-state index contributed by atoms with van der Waals surface area (Å²) in [6, 6.07) is 3.91. The number of Topliss-reactive ketones (excluding diaryl/α,β-unsaturated/α-hetero) is 1. The van der Waals surface area contributed by atoms with Crippen LogP contribution in [0.4, 0.5) is 4.39 Å². The SMILES string of the molecule is Cn1cc(C(=O)C2CCN(C(=O)CCCc3nc4ccc(F)cc4c(=O)[nH]3)CC2)cn1. The summed E-state index contributed by atoms with van der Waals surface area (Å²) in [7, 11) is 1.78. The van der Waals surface area contributed by atoms with Crippen molar-refractivity contribution in [1.82, 2.24) is 24.6 Å². The van der Waals surface area contributed by atoms with Gasteiger partial charge in [-0.05, 0) is 37.5 Å². The lowest BCUT2D eigenvalue weighted by atomic mass is 9.90. The van der Waals surface area contributed by atoms with Gasteiger partial charge < -0.3 is 9.88 Å². The lowest BCUT2D eigenvalue weighted by Gasteiger charge is -2.31. The van der Waals surface area contributed by atoms with Crippen LogP contribution in [0.1, 0.15) is 41.9 Å². The Kier molecular flexibility index (Phi) is 5.92. The van der Waals surface area contributed by atoms with E-state index in [0.717, 1.165) is 6.07 Å². The summed E-state index contributed by atoms with van der Waals surface area (Å²) in [5.74, 6) is 0.0515. The van der Waals surface area contributed by atoms with E-state index in [4.69, 9.17) is 0 Å². The fourth-order valence-electron chi connectivity index (χ4n) is 4.02. The summed E-state index contributed by atoms with van der Waals surface area (Å²) in [6.45, 7) is 1.12. The van der Waals surface area contributed by atoms with Crippen molar-refractivity contribution in [3.05, 3.63) is 58.2 Å². The predicted octanol–water partition coefficient (Wildman–Crippen LogP) is 2.24. The number of fused-ring (bicyclic) bond motifs is 1. The average molecular weight is 425 g/mol. The summed E-state index contributed by atoms with van der Waals surface area (Å²) in [6.07, 6.45) is 5.94. The lowest BCUT2D eigenvalue weighted by Crippen LogP contribution is -2.40. The molecule has 3 aromatic rings. The van der Waals surface area contributed by atoms with Crippen molar-refractivity contribution in [2.75, 3.05) is 13.1 Å². The zero-order chi connectivity index (χ0) is 22.0. The Labute approximate surface area is 178 Å². The van der Waals surface area contributed by atoms with Gasteiger partial charge in [0.15, 0.2) is 5.78 Å². The molecule has 0 atom stereocenters. The van der Waals surface area contributed by atoms with E-state index in [9.17, 15) is 18.8 Å². The van der Waals surface area contributed by atoms with Crippen LogP contribution in [0.3, 0.4) is 0 Å². The third kappa shape index (κ3) is 4.70. The number of nitrogens with zero attached hydrogens (tertiary/aromatic N) is 4. The average Bonchev–Trinajstić information content (AvgIpc) is 3.20. The molecule has 1 amide bonds. The minimum Gasteiger partial charge on any atom is -0.343 e. The van der Waals surface area contributed by atoms with Gasteiger partial charge in [-0.1, -0.05) is 0 Å². The van der Waals surface area contributed by atoms with Gasteiger partial charge in [0, 0.05) is 45.1 Å². The number of amides is 1. The second-order valence-corrected chi connectivity index (χ2v) is 7.95. The topological polar surface area (TPSA) is 101 Å². The van der Waals surface area contributed by atoms with Crippen LogP contribution in [0.5, 0.6) is 0 Å². The quantitative estimate of drug-likeness (QED) is 0.611. The van der Waals surface area contributed by atoms with E-state index in [1.807, 2.05) is 0 Å². The number of rotatable bonds is 6. The Balaban J connectivity index is 1.27. The first kappa shape index (κ1) is 20.9. The number of carbonyl (C=O) groups excluding carboxylic acids is 2. The zero-order valence-electron chi connectivity index (χ0n) is 17.3. The van der Waals surface area contributed by atoms with E-state index in [2.05, 4.69) is 15.1 Å². The van der Waals surface area contributed by atoms with Crippen LogP contribution in [-0.2, 0) is 18.3 Å². The smallest absolute Gasteiger partial charge is 0.258 e. The van der Waals surface area contributed by atoms with Crippen molar-refractivity contribution >= 4 is 22.6 Å². The number of hydrogen-bond acceptors (Lipinski definition) is 5. The fourth-order valence-corrected chi connectivity index (χ4v) is 4.02. The number of likely N-dealkylation sites (tertiary alicyclic amines) is 1. The Hall–Kier alpha value is -3.36. The van der Waals surface area contributed by atoms with Gasteiger partial charge in [0.2, 0.25) is 5.91 Å². The van der Waals surface area contributed by atoms with Crippen LogP contribution < -0.4 is 5.56 Å². The van der Waals surface area contributed by atoms with Gasteiger partial charge in [0.25, 0.3) is 5.56 Å². The Morgan fingerprint density at radius 1 is 1.26 bits per heavy atom. The van der Waals surface area contributed by atoms with Crippen LogP contribution in [0.2, 0.25) is 0 Å². The molecule has 31 heavy (non-hydrogen) atoms. The Morgan fingerprint density at radius 2 is 2.03 bits per heavy atom. The van der Waals surface area contributed by atoms with Gasteiger partial charge >= 0.3 is 0 Å². The second-order valence-electron chi connectivity index (χ2n) is 7.95. The number of benzene rings is 1. The fraction of sp³-hybridized carbons (Fsp3) is 0.409. The Bertz CT molecular complexity index is 1180. The highest BCUT2D eigenvalue weighted by atomic mass is 19.1. The highest BCUT2D eigenvalue weighted by Gasteiger charge is 2.28. The number of hydrogen-bond donors (Lipinski definition) is 1. The van der Waals surface area contributed by atoms with Crippen LogP contribution >= 0.6 is 0 Å². The van der Waals surface area contributed by atoms with Crippen LogP contribution in [0.25, 0.3) is 10.9 Å². The molecule has 0 spiro atoms. The molecule has 162 valence electrons. The van der Waals surface area contributed by atoms with E-state index >= 15 is 0 Å². The van der Waals surface area contributed by atoms with E-state index in [1.165, 1.54) is 12.1 Å². The molecule has 0 unspecified atom stereocenters. The molecular formula is C22H24FN5O3. The van der Waals surface area contributed by atoms with Crippen molar-refractivity contribution in [2.45, 2.75) is 32.1 Å². The van der Waals surface area contributed by atoms with Gasteiger partial charge in [-0.2, -0.15) is 5.10 Å².